The first-order valence-electron chi connectivity index (χ1n) is 3.83. The number of allylic oxidation sites excluding steroid dienone is 3. The molecule has 0 aliphatic carbocycles. The molecule has 0 rings (SSSR count). The van der Waals surface area contributed by atoms with Gasteiger partial charge in [-0.25, -0.2) is 0 Å². The molecule has 0 bridgehead atoms. The first-order chi connectivity index (χ1) is 4.81. The highest BCUT2D eigenvalue weighted by atomic mass is 14.5. The van der Waals surface area contributed by atoms with Crippen molar-refractivity contribution >= 4 is 0 Å². The molecule has 0 heterocycles. The minimum atomic E-state index is 0.663. The van der Waals surface area contributed by atoms with E-state index >= 15 is 0 Å². The molecule has 2 N–H and O–H groups in total. The third-order valence-corrected chi connectivity index (χ3v) is 1.29. The lowest BCUT2D eigenvalue weighted by atomic mass is 10.2. The molecule has 0 fully saturated rings. The summed E-state index contributed by atoms with van der Waals surface area (Å²) in [6, 6.07) is 0. The van der Waals surface area contributed by atoms with Crippen molar-refractivity contribution in [3.8, 4) is 0 Å². The predicted octanol–water partition coefficient (Wildman–Crippen LogP) is 2.25. The standard InChI is InChI=1S/C9H17N/c1-3-4-5-6-7-9(2)8-10/h5-7H,3-4,8,10H2,1-2H3/b6-5-,9-7+. The zero-order chi connectivity index (χ0) is 7.82. The maximum Gasteiger partial charge on any atom is 0.0137 e. The van der Waals surface area contributed by atoms with Crippen molar-refractivity contribution in [2.45, 2.75) is 26.7 Å². The van der Waals surface area contributed by atoms with Gasteiger partial charge >= 0.3 is 0 Å². The second kappa shape index (κ2) is 6.56. The molecule has 0 saturated heterocycles. The Morgan fingerprint density at radius 2 is 2.20 bits per heavy atom. The van der Waals surface area contributed by atoms with Crippen LogP contribution in [0, 0.1) is 0 Å². The van der Waals surface area contributed by atoms with Crippen molar-refractivity contribution in [1.82, 2.24) is 0 Å². The highest BCUT2D eigenvalue weighted by Crippen LogP contribution is 1.92. The summed E-state index contributed by atoms with van der Waals surface area (Å²) in [5.41, 5.74) is 6.61. The fourth-order valence-corrected chi connectivity index (χ4v) is 0.563. The van der Waals surface area contributed by atoms with Crippen molar-refractivity contribution in [3.63, 3.8) is 0 Å². The average Bonchev–Trinajstić information content (AvgIpc) is 1.98. The number of nitrogens with two attached hydrogens (primary N) is 1. The first kappa shape index (κ1) is 9.44. The zero-order valence-corrected chi connectivity index (χ0v) is 6.93. The van der Waals surface area contributed by atoms with Gasteiger partial charge in [0.2, 0.25) is 0 Å². The zero-order valence-electron chi connectivity index (χ0n) is 6.93. The molecule has 0 saturated carbocycles. The molecule has 0 spiro atoms. The number of unbranched alkanes of at least 4 members (excludes halogenated alkanes) is 1. The lowest BCUT2D eigenvalue weighted by Crippen LogP contribution is -1.98. The van der Waals surface area contributed by atoms with Crippen LogP contribution in [0.5, 0.6) is 0 Å². The minimum Gasteiger partial charge on any atom is -0.327 e. The average molecular weight is 139 g/mol. The van der Waals surface area contributed by atoms with Crippen LogP contribution in [0.3, 0.4) is 0 Å². The summed E-state index contributed by atoms with van der Waals surface area (Å²) in [6.07, 6.45) is 8.68. The van der Waals surface area contributed by atoms with Crippen LogP contribution in [-0.4, -0.2) is 6.54 Å². The van der Waals surface area contributed by atoms with Crippen LogP contribution in [0.2, 0.25) is 0 Å². The van der Waals surface area contributed by atoms with Crippen molar-refractivity contribution < 1.29 is 0 Å². The van der Waals surface area contributed by atoms with Gasteiger partial charge in [0.15, 0.2) is 0 Å². The molecule has 10 heavy (non-hydrogen) atoms. The Morgan fingerprint density at radius 1 is 1.50 bits per heavy atom. The Kier molecular flexibility index (Phi) is 6.19. The van der Waals surface area contributed by atoms with E-state index in [-0.39, 0.29) is 0 Å². The van der Waals surface area contributed by atoms with Gasteiger partial charge in [0.1, 0.15) is 0 Å². The van der Waals surface area contributed by atoms with E-state index in [0.717, 1.165) is 6.42 Å². The van der Waals surface area contributed by atoms with Crippen molar-refractivity contribution in [2.75, 3.05) is 6.54 Å². The van der Waals surface area contributed by atoms with E-state index in [4.69, 9.17) is 5.73 Å². The fourth-order valence-electron chi connectivity index (χ4n) is 0.563. The smallest absolute Gasteiger partial charge is 0.0137 e. The Labute approximate surface area is 63.6 Å². The van der Waals surface area contributed by atoms with E-state index < -0.39 is 0 Å². The SMILES string of the molecule is CCC/C=C\C=C(/C)CN. The van der Waals surface area contributed by atoms with Gasteiger partial charge in [-0.2, -0.15) is 0 Å². The molecule has 0 unspecified atom stereocenters. The molecule has 0 aromatic heterocycles. The van der Waals surface area contributed by atoms with Crippen LogP contribution in [0.25, 0.3) is 0 Å². The maximum atomic E-state index is 5.38. The molecule has 0 radical (unpaired) electrons. The Hall–Kier alpha value is -0.560. The largest absolute Gasteiger partial charge is 0.327 e. The van der Waals surface area contributed by atoms with Gasteiger partial charge in [-0.3, -0.25) is 0 Å². The quantitative estimate of drug-likeness (QED) is 0.594. The summed E-state index contributed by atoms with van der Waals surface area (Å²) >= 11 is 0. The maximum absolute atomic E-state index is 5.38. The highest BCUT2D eigenvalue weighted by Gasteiger charge is 1.77. The minimum absolute atomic E-state index is 0.663. The van der Waals surface area contributed by atoms with Crippen molar-refractivity contribution in [2.24, 2.45) is 5.73 Å². The summed E-state index contributed by atoms with van der Waals surface area (Å²) in [4.78, 5) is 0. The molecule has 0 atom stereocenters. The van der Waals surface area contributed by atoms with E-state index in [1.54, 1.807) is 0 Å². The summed E-state index contributed by atoms with van der Waals surface area (Å²) < 4.78 is 0. The topological polar surface area (TPSA) is 26.0 Å². The van der Waals surface area contributed by atoms with Gasteiger partial charge in [-0.05, 0) is 13.3 Å². The summed E-state index contributed by atoms with van der Waals surface area (Å²) in [6.45, 7) is 4.87. The summed E-state index contributed by atoms with van der Waals surface area (Å²) in [5.74, 6) is 0. The molecular formula is C9H17N. The van der Waals surface area contributed by atoms with E-state index in [0.29, 0.717) is 6.54 Å². The summed E-state index contributed by atoms with van der Waals surface area (Å²) in [7, 11) is 0. The predicted molar refractivity (Wildman–Crippen MR) is 46.9 cm³/mol. The van der Waals surface area contributed by atoms with E-state index in [2.05, 4.69) is 25.2 Å². The molecule has 0 aromatic carbocycles. The fraction of sp³-hybridized carbons (Fsp3) is 0.556. The van der Waals surface area contributed by atoms with E-state index in [1.165, 1.54) is 12.0 Å². The van der Waals surface area contributed by atoms with Gasteiger partial charge in [-0.1, -0.05) is 37.1 Å². The number of hydrogen-bond donors (Lipinski definition) is 1. The third kappa shape index (κ3) is 5.57. The van der Waals surface area contributed by atoms with Gasteiger partial charge < -0.3 is 5.73 Å². The normalized spacial score (nSPS) is 12.9. The number of hydrogen-bond acceptors (Lipinski definition) is 1. The Balaban J connectivity index is 3.49. The molecule has 0 aliphatic rings. The van der Waals surface area contributed by atoms with Crippen LogP contribution in [0.4, 0.5) is 0 Å². The molecule has 1 nitrogen and oxygen atoms in total. The number of rotatable bonds is 4. The monoisotopic (exact) mass is 139 g/mol. The van der Waals surface area contributed by atoms with Crippen molar-refractivity contribution in [3.05, 3.63) is 23.8 Å². The van der Waals surface area contributed by atoms with E-state index in [9.17, 15) is 0 Å². The van der Waals surface area contributed by atoms with Crippen LogP contribution < -0.4 is 5.73 Å². The summed E-state index contributed by atoms with van der Waals surface area (Å²) in [5, 5.41) is 0. The molecule has 58 valence electrons. The van der Waals surface area contributed by atoms with Crippen LogP contribution in [-0.2, 0) is 0 Å². The second-order valence-corrected chi connectivity index (χ2v) is 2.43. The van der Waals surface area contributed by atoms with Gasteiger partial charge in [0.05, 0.1) is 0 Å². The van der Waals surface area contributed by atoms with Gasteiger partial charge in [0, 0.05) is 6.54 Å². The van der Waals surface area contributed by atoms with Crippen LogP contribution in [0.1, 0.15) is 26.7 Å². The van der Waals surface area contributed by atoms with Crippen molar-refractivity contribution in [1.29, 1.82) is 0 Å². The molecule has 0 amide bonds. The first-order valence-corrected chi connectivity index (χ1v) is 3.83. The molecule has 0 aromatic rings. The molecule has 1 heteroatoms. The highest BCUT2D eigenvalue weighted by molar-refractivity contribution is 5.10. The lowest BCUT2D eigenvalue weighted by molar-refractivity contribution is 0.958. The van der Waals surface area contributed by atoms with E-state index in [1.807, 2.05) is 6.92 Å². The van der Waals surface area contributed by atoms with Crippen LogP contribution in [0.15, 0.2) is 23.8 Å². The lowest BCUT2D eigenvalue weighted by Gasteiger charge is -1.89. The van der Waals surface area contributed by atoms with Gasteiger partial charge in [0.25, 0.3) is 0 Å². The van der Waals surface area contributed by atoms with Crippen LogP contribution >= 0.6 is 0 Å². The second-order valence-electron chi connectivity index (χ2n) is 2.43. The molecular weight excluding hydrogens is 122 g/mol. The Morgan fingerprint density at radius 3 is 2.70 bits per heavy atom. The molecule has 0 aliphatic heterocycles. The third-order valence-electron chi connectivity index (χ3n) is 1.29. The van der Waals surface area contributed by atoms with Gasteiger partial charge in [-0.15, -0.1) is 0 Å². The Bertz CT molecular complexity index is 123.